The van der Waals surface area contributed by atoms with Crippen molar-refractivity contribution in [1.29, 1.82) is 0 Å². The van der Waals surface area contributed by atoms with Crippen molar-refractivity contribution in [2.75, 3.05) is 11.9 Å². The van der Waals surface area contributed by atoms with Crippen molar-refractivity contribution in [3.8, 4) is 17.2 Å². The highest BCUT2D eigenvalue weighted by atomic mass is 79.9. The maximum absolute atomic E-state index is 11.9. The van der Waals surface area contributed by atoms with Crippen molar-refractivity contribution in [2.24, 2.45) is 0 Å². The number of halogens is 1. The molecule has 3 rings (SSSR count). The smallest absolute Gasteiger partial charge is 0.264 e. The van der Waals surface area contributed by atoms with Gasteiger partial charge in [-0.3, -0.25) is 10.1 Å². The number of hydrogen-bond donors (Lipinski definition) is 2. The zero-order valence-corrected chi connectivity index (χ0v) is 17.1. The molecule has 0 spiro atoms. The first-order valence-corrected chi connectivity index (χ1v) is 9.61. The fourth-order valence-electron chi connectivity index (χ4n) is 2.24. The quantitative estimate of drug-likeness (QED) is 0.503. The maximum atomic E-state index is 11.9. The molecular formula is C21H17BrN2O3S. The number of ether oxygens (including phenoxy) is 2. The van der Waals surface area contributed by atoms with Crippen LogP contribution in [0.25, 0.3) is 0 Å². The van der Waals surface area contributed by atoms with Gasteiger partial charge in [0, 0.05) is 10.2 Å². The molecule has 0 saturated carbocycles. The van der Waals surface area contributed by atoms with Crippen molar-refractivity contribution in [3.63, 3.8) is 0 Å². The maximum Gasteiger partial charge on any atom is 0.264 e. The number of carbonyl (C=O) groups is 1. The summed E-state index contributed by atoms with van der Waals surface area (Å²) in [6.07, 6.45) is 0. The summed E-state index contributed by atoms with van der Waals surface area (Å²) in [5.41, 5.74) is 0.736. The highest BCUT2D eigenvalue weighted by Crippen LogP contribution is 2.22. The van der Waals surface area contributed by atoms with Crippen molar-refractivity contribution >= 4 is 44.9 Å². The Morgan fingerprint density at radius 2 is 1.46 bits per heavy atom. The van der Waals surface area contributed by atoms with Gasteiger partial charge in [0.2, 0.25) is 0 Å². The summed E-state index contributed by atoms with van der Waals surface area (Å²) in [6, 6.07) is 24.0. The number of para-hydroxylation sites is 1. The average molecular weight is 457 g/mol. The number of thiocarbonyl (C=S) groups is 1. The highest BCUT2D eigenvalue weighted by molar-refractivity contribution is 9.10. The second kappa shape index (κ2) is 9.87. The third kappa shape index (κ3) is 6.37. The Morgan fingerprint density at radius 1 is 0.857 bits per heavy atom. The molecule has 3 aromatic carbocycles. The van der Waals surface area contributed by atoms with E-state index in [2.05, 4.69) is 26.6 Å². The second-order valence-corrected chi connectivity index (χ2v) is 7.01. The Kier molecular flexibility index (Phi) is 7.00. The number of amides is 1. The highest BCUT2D eigenvalue weighted by Gasteiger charge is 2.06. The summed E-state index contributed by atoms with van der Waals surface area (Å²) in [4.78, 5) is 11.9. The zero-order valence-electron chi connectivity index (χ0n) is 14.7. The van der Waals surface area contributed by atoms with Crippen molar-refractivity contribution < 1.29 is 14.3 Å². The third-order valence-electron chi connectivity index (χ3n) is 3.53. The van der Waals surface area contributed by atoms with Gasteiger partial charge in [0.15, 0.2) is 11.7 Å². The summed E-state index contributed by atoms with van der Waals surface area (Å²) >= 11 is 8.50. The van der Waals surface area contributed by atoms with Crippen LogP contribution in [-0.2, 0) is 4.79 Å². The molecule has 0 aliphatic heterocycles. The number of nitrogens with one attached hydrogen (secondary N) is 2. The van der Waals surface area contributed by atoms with Gasteiger partial charge in [0.25, 0.3) is 5.91 Å². The first kappa shape index (κ1) is 19.9. The van der Waals surface area contributed by atoms with Gasteiger partial charge < -0.3 is 14.8 Å². The van der Waals surface area contributed by atoms with E-state index in [1.807, 2.05) is 66.7 Å². The molecule has 28 heavy (non-hydrogen) atoms. The van der Waals surface area contributed by atoms with Crippen molar-refractivity contribution in [2.45, 2.75) is 0 Å². The van der Waals surface area contributed by atoms with E-state index in [-0.39, 0.29) is 17.6 Å². The topological polar surface area (TPSA) is 59.6 Å². The predicted octanol–water partition coefficient (Wildman–Crippen LogP) is 5.13. The van der Waals surface area contributed by atoms with Gasteiger partial charge >= 0.3 is 0 Å². The van der Waals surface area contributed by atoms with E-state index >= 15 is 0 Å². The van der Waals surface area contributed by atoms with E-state index in [4.69, 9.17) is 21.7 Å². The van der Waals surface area contributed by atoms with Crippen molar-refractivity contribution in [1.82, 2.24) is 5.32 Å². The molecule has 0 atom stereocenters. The van der Waals surface area contributed by atoms with Crippen LogP contribution in [0.1, 0.15) is 0 Å². The Balaban J connectivity index is 1.44. The van der Waals surface area contributed by atoms with Crippen LogP contribution in [-0.4, -0.2) is 17.6 Å². The molecule has 0 aromatic heterocycles. The molecule has 142 valence electrons. The molecule has 0 heterocycles. The first-order chi connectivity index (χ1) is 13.6. The first-order valence-electron chi connectivity index (χ1n) is 8.41. The number of anilines is 1. The summed E-state index contributed by atoms with van der Waals surface area (Å²) in [7, 11) is 0. The molecule has 5 nitrogen and oxygen atoms in total. The molecule has 3 aromatic rings. The van der Waals surface area contributed by atoms with E-state index < -0.39 is 0 Å². The SMILES string of the molecule is O=C(COc1ccc(Br)cc1)NC(=S)Nc1ccc(Oc2ccccc2)cc1. The Bertz CT molecular complexity index is 932. The van der Waals surface area contributed by atoms with Gasteiger partial charge in [-0.1, -0.05) is 34.1 Å². The predicted molar refractivity (Wildman–Crippen MR) is 117 cm³/mol. The van der Waals surface area contributed by atoms with Crippen LogP contribution in [0.15, 0.2) is 83.3 Å². The molecule has 0 unspecified atom stereocenters. The summed E-state index contributed by atoms with van der Waals surface area (Å²) < 4.78 is 12.1. The minimum absolute atomic E-state index is 0.132. The lowest BCUT2D eigenvalue weighted by molar-refractivity contribution is -0.121. The van der Waals surface area contributed by atoms with Gasteiger partial charge in [0.1, 0.15) is 17.2 Å². The molecule has 0 aliphatic rings. The summed E-state index contributed by atoms with van der Waals surface area (Å²) in [5, 5.41) is 5.73. The molecule has 0 radical (unpaired) electrons. The molecule has 1 amide bonds. The van der Waals surface area contributed by atoms with Crippen LogP contribution >= 0.6 is 28.1 Å². The Morgan fingerprint density at radius 3 is 2.14 bits per heavy atom. The van der Waals surface area contributed by atoms with Gasteiger partial charge in [-0.2, -0.15) is 0 Å². The molecule has 0 saturated heterocycles. The number of rotatable bonds is 6. The lowest BCUT2D eigenvalue weighted by Crippen LogP contribution is -2.37. The van der Waals surface area contributed by atoms with Crippen LogP contribution < -0.4 is 20.1 Å². The zero-order chi connectivity index (χ0) is 19.8. The lowest BCUT2D eigenvalue weighted by atomic mass is 10.3. The monoisotopic (exact) mass is 456 g/mol. The van der Waals surface area contributed by atoms with E-state index in [1.165, 1.54) is 0 Å². The van der Waals surface area contributed by atoms with Gasteiger partial charge in [-0.25, -0.2) is 0 Å². The summed E-state index contributed by atoms with van der Waals surface area (Å²) in [5.74, 6) is 1.72. The van der Waals surface area contributed by atoms with Gasteiger partial charge in [-0.15, -0.1) is 0 Å². The van der Waals surface area contributed by atoms with Crippen molar-refractivity contribution in [3.05, 3.63) is 83.3 Å². The second-order valence-electron chi connectivity index (χ2n) is 5.68. The lowest BCUT2D eigenvalue weighted by Gasteiger charge is -2.11. The van der Waals surface area contributed by atoms with Crippen LogP contribution in [0.5, 0.6) is 17.2 Å². The normalized spacial score (nSPS) is 10.0. The standard InChI is InChI=1S/C21H17BrN2O3S/c22-15-6-10-17(11-7-15)26-14-20(25)24-21(28)23-16-8-12-19(13-9-16)27-18-4-2-1-3-5-18/h1-13H,14H2,(H2,23,24,25,28). The van der Waals surface area contributed by atoms with Gasteiger partial charge in [-0.05, 0) is 72.9 Å². The number of benzene rings is 3. The molecular weight excluding hydrogens is 440 g/mol. The minimum atomic E-state index is -0.343. The average Bonchev–Trinajstić information content (AvgIpc) is 2.70. The molecule has 7 heteroatoms. The molecule has 0 bridgehead atoms. The fraction of sp³-hybridized carbons (Fsp3) is 0.0476. The summed E-state index contributed by atoms with van der Waals surface area (Å²) in [6.45, 7) is -0.132. The number of hydrogen-bond acceptors (Lipinski definition) is 4. The molecule has 2 N–H and O–H groups in total. The molecule has 0 fully saturated rings. The Labute approximate surface area is 176 Å². The fourth-order valence-corrected chi connectivity index (χ4v) is 2.73. The molecule has 0 aliphatic carbocycles. The van der Waals surface area contributed by atoms with E-state index in [0.717, 1.165) is 15.9 Å². The largest absolute Gasteiger partial charge is 0.484 e. The van der Waals surface area contributed by atoms with Crippen LogP contribution in [0.4, 0.5) is 5.69 Å². The third-order valence-corrected chi connectivity index (χ3v) is 4.26. The van der Waals surface area contributed by atoms with Crippen LogP contribution in [0, 0.1) is 0 Å². The van der Waals surface area contributed by atoms with E-state index in [1.54, 1.807) is 12.1 Å². The number of carbonyl (C=O) groups excluding carboxylic acids is 1. The van der Waals surface area contributed by atoms with Crippen LogP contribution in [0.3, 0.4) is 0 Å². The Hall–Kier alpha value is -2.90. The minimum Gasteiger partial charge on any atom is -0.484 e. The van der Waals surface area contributed by atoms with E-state index in [9.17, 15) is 4.79 Å². The van der Waals surface area contributed by atoms with Crippen LogP contribution in [0.2, 0.25) is 0 Å². The van der Waals surface area contributed by atoms with E-state index in [0.29, 0.717) is 11.5 Å². The van der Waals surface area contributed by atoms with Gasteiger partial charge in [0.05, 0.1) is 0 Å².